The van der Waals surface area contributed by atoms with Crippen LogP contribution in [-0.2, 0) is 5.41 Å². The second kappa shape index (κ2) is 7.98. The first kappa shape index (κ1) is 20.7. The van der Waals surface area contributed by atoms with Crippen molar-refractivity contribution in [1.29, 1.82) is 0 Å². The molecule has 0 atom stereocenters. The molecule has 144 valence electrons. The summed E-state index contributed by atoms with van der Waals surface area (Å²) in [6, 6.07) is 16.7. The molecular formula is C20H22BF4NO. The molecule has 0 aromatic heterocycles. The largest absolute Gasteiger partial charge is 0.673 e. The summed E-state index contributed by atoms with van der Waals surface area (Å²) in [6.07, 6.45) is 4.34. The molecule has 0 bridgehead atoms. The molecule has 0 aliphatic carbocycles. The first-order valence-electron chi connectivity index (χ1n) is 8.45. The highest BCUT2D eigenvalue weighted by Crippen LogP contribution is 2.39. The highest BCUT2D eigenvalue weighted by Gasteiger charge is 2.42. The molecule has 0 saturated carbocycles. The third-order valence-corrected chi connectivity index (χ3v) is 4.50. The summed E-state index contributed by atoms with van der Waals surface area (Å²) in [5.74, 6) is 0.898. The van der Waals surface area contributed by atoms with Crippen molar-refractivity contribution in [3.05, 3.63) is 65.7 Å². The van der Waals surface area contributed by atoms with E-state index in [1.807, 2.05) is 18.2 Å². The zero-order valence-electron chi connectivity index (χ0n) is 15.7. The molecule has 0 fully saturated rings. The maximum absolute atomic E-state index is 9.75. The Labute approximate surface area is 156 Å². The van der Waals surface area contributed by atoms with Gasteiger partial charge in [0.2, 0.25) is 5.69 Å². The third-order valence-electron chi connectivity index (χ3n) is 4.50. The minimum atomic E-state index is -6.00. The van der Waals surface area contributed by atoms with Gasteiger partial charge in [0.05, 0.1) is 12.5 Å². The van der Waals surface area contributed by atoms with Crippen LogP contribution in [0, 0.1) is 0 Å². The zero-order chi connectivity index (χ0) is 20.2. The topological polar surface area (TPSA) is 12.2 Å². The number of nitrogens with zero attached hydrogens (tertiary/aromatic N) is 1. The molecule has 27 heavy (non-hydrogen) atoms. The van der Waals surface area contributed by atoms with Crippen LogP contribution in [0.4, 0.5) is 23.0 Å². The molecule has 0 unspecified atom stereocenters. The van der Waals surface area contributed by atoms with E-state index in [1.54, 1.807) is 7.11 Å². The van der Waals surface area contributed by atoms with Crippen molar-refractivity contribution in [1.82, 2.24) is 0 Å². The number of halogens is 4. The van der Waals surface area contributed by atoms with E-state index < -0.39 is 7.25 Å². The van der Waals surface area contributed by atoms with Crippen LogP contribution < -0.4 is 4.74 Å². The summed E-state index contributed by atoms with van der Waals surface area (Å²) >= 11 is 0. The van der Waals surface area contributed by atoms with Gasteiger partial charge in [-0.15, -0.1) is 0 Å². The van der Waals surface area contributed by atoms with Gasteiger partial charge in [-0.25, -0.2) is 0 Å². The van der Waals surface area contributed by atoms with Crippen LogP contribution in [0.25, 0.3) is 6.08 Å². The molecule has 0 radical (unpaired) electrons. The van der Waals surface area contributed by atoms with Crippen LogP contribution in [0.1, 0.15) is 25.0 Å². The normalized spacial score (nSPS) is 15.4. The number of allylic oxidation sites excluding steroid dienone is 1. The number of ether oxygens (including phenoxy) is 1. The fraction of sp³-hybridized carbons (Fsp3) is 0.250. The molecular weight excluding hydrogens is 357 g/mol. The quantitative estimate of drug-likeness (QED) is 0.378. The summed E-state index contributed by atoms with van der Waals surface area (Å²) in [5, 5.41) is 0. The summed E-state index contributed by atoms with van der Waals surface area (Å²) < 4.78 is 46.7. The van der Waals surface area contributed by atoms with Gasteiger partial charge in [-0.05, 0) is 26.0 Å². The van der Waals surface area contributed by atoms with Gasteiger partial charge < -0.3 is 22.0 Å². The Kier molecular flexibility index (Phi) is 6.13. The average Bonchev–Trinajstić information content (AvgIpc) is 2.79. The highest BCUT2D eigenvalue weighted by atomic mass is 19.5. The highest BCUT2D eigenvalue weighted by molar-refractivity contribution is 6.50. The maximum Gasteiger partial charge on any atom is 0.673 e. The van der Waals surface area contributed by atoms with Crippen LogP contribution in [0.15, 0.2) is 54.6 Å². The van der Waals surface area contributed by atoms with Crippen LogP contribution >= 0.6 is 0 Å². The summed E-state index contributed by atoms with van der Waals surface area (Å²) in [4.78, 5) is 0. The Balaban J connectivity index is 0.000000465. The van der Waals surface area contributed by atoms with Crippen molar-refractivity contribution < 1.29 is 26.6 Å². The number of fused-ring (bicyclic) bond motifs is 1. The van der Waals surface area contributed by atoms with E-state index in [9.17, 15) is 17.3 Å². The predicted molar refractivity (Wildman–Crippen MR) is 103 cm³/mol. The van der Waals surface area contributed by atoms with Gasteiger partial charge >= 0.3 is 7.25 Å². The minimum absolute atomic E-state index is 0.00383. The van der Waals surface area contributed by atoms with Gasteiger partial charge in [0, 0.05) is 23.3 Å². The molecule has 0 N–H and O–H groups in total. The second-order valence-corrected chi connectivity index (χ2v) is 6.66. The maximum atomic E-state index is 9.75. The molecule has 2 nitrogen and oxygen atoms in total. The lowest BCUT2D eigenvalue weighted by Crippen LogP contribution is -2.26. The van der Waals surface area contributed by atoms with Gasteiger partial charge in [0.1, 0.15) is 12.8 Å². The van der Waals surface area contributed by atoms with Crippen LogP contribution in [0.5, 0.6) is 5.75 Å². The molecule has 0 saturated heterocycles. The van der Waals surface area contributed by atoms with E-state index in [0.29, 0.717) is 0 Å². The number of rotatable bonds is 3. The number of hydrogen-bond donors (Lipinski definition) is 0. The molecule has 2 aromatic carbocycles. The molecule has 2 aromatic rings. The molecule has 1 heterocycles. The molecule has 0 spiro atoms. The monoisotopic (exact) mass is 379 g/mol. The smallest absolute Gasteiger partial charge is 0.496 e. The van der Waals surface area contributed by atoms with Crippen molar-refractivity contribution in [3.8, 4) is 5.75 Å². The number of para-hydroxylation sites is 2. The van der Waals surface area contributed by atoms with Gasteiger partial charge in [-0.1, -0.05) is 36.4 Å². The standard InChI is InChI=1S/C20H22NO.BF4/c1-20(2)16-10-6-7-11-17(16)21(3)19(20)14-13-15-9-5-8-12-18(15)22-4;2-1(3,4)5/h5-14H,1-4H3;/q+1;-1. The second-order valence-electron chi connectivity index (χ2n) is 6.66. The van der Waals surface area contributed by atoms with Crippen LogP contribution in [0.3, 0.4) is 0 Å². The van der Waals surface area contributed by atoms with E-state index in [4.69, 9.17) is 4.74 Å². The van der Waals surface area contributed by atoms with Crippen LogP contribution in [-0.4, -0.2) is 31.7 Å². The van der Waals surface area contributed by atoms with E-state index in [1.165, 1.54) is 17.0 Å². The third kappa shape index (κ3) is 4.99. The van der Waals surface area contributed by atoms with E-state index >= 15 is 0 Å². The van der Waals surface area contributed by atoms with Gasteiger partial charge in [0.25, 0.3) is 0 Å². The lowest BCUT2D eigenvalue weighted by Gasteiger charge is -2.15. The Morgan fingerprint density at radius 1 is 0.926 bits per heavy atom. The number of methoxy groups -OCH3 is 1. The zero-order valence-corrected chi connectivity index (χ0v) is 15.7. The molecule has 1 aliphatic heterocycles. The lowest BCUT2D eigenvalue weighted by atomic mass is 9.81. The van der Waals surface area contributed by atoms with Crippen molar-refractivity contribution in [3.63, 3.8) is 0 Å². The first-order chi connectivity index (χ1) is 12.6. The molecule has 1 aliphatic rings. The summed E-state index contributed by atoms with van der Waals surface area (Å²) in [6.45, 7) is 4.55. The van der Waals surface area contributed by atoms with Crippen molar-refractivity contribution in [2.45, 2.75) is 19.3 Å². The van der Waals surface area contributed by atoms with E-state index in [0.717, 1.165) is 11.3 Å². The minimum Gasteiger partial charge on any atom is -0.496 e. The average molecular weight is 379 g/mol. The lowest BCUT2D eigenvalue weighted by molar-refractivity contribution is -0.401. The predicted octanol–water partition coefficient (Wildman–Crippen LogP) is 5.71. The van der Waals surface area contributed by atoms with Crippen molar-refractivity contribution in [2.75, 3.05) is 14.2 Å². The van der Waals surface area contributed by atoms with Gasteiger partial charge in [0.15, 0.2) is 5.71 Å². The van der Waals surface area contributed by atoms with E-state index in [2.05, 4.69) is 68.0 Å². The Bertz CT molecular complexity index is 866. The molecule has 7 heteroatoms. The van der Waals surface area contributed by atoms with Crippen molar-refractivity contribution in [2.24, 2.45) is 0 Å². The fourth-order valence-electron chi connectivity index (χ4n) is 3.27. The summed E-state index contributed by atoms with van der Waals surface area (Å²) in [7, 11) is -2.16. The molecule has 3 rings (SSSR count). The first-order valence-corrected chi connectivity index (χ1v) is 8.45. The van der Waals surface area contributed by atoms with E-state index in [-0.39, 0.29) is 5.41 Å². The number of benzene rings is 2. The Morgan fingerprint density at radius 2 is 1.48 bits per heavy atom. The van der Waals surface area contributed by atoms with Crippen LogP contribution in [0.2, 0.25) is 0 Å². The van der Waals surface area contributed by atoms with Gasteiger partial charge in [-0.3, -0.25) is 0 Å². The van der Waals surface area contributed by atoms with Gasteiger partial charge in [-0.2, -0.15) is 4.58 Å². The van der Waals surface area contributed by atoms with Crippen molar-refractivity contribution >= 4 is 24.7 Å². The summed E-state index contributed by atoms with van der Waals surface area (Å²) in [5.41, 5.74) is 5.05. The Hall–Kier alpha value is -2.57. The Morgan fingerprint density at radius 3 is 2.07 bits per heavy atom. The molecule has 0 amide bonds. The SMILES string of the molecule is COc1ccccc1C=CC1=[N+](C)c2ccccc2C1(C)C.F[B-](F)(F)F. The number of hydrogen-bond acceptors (Lipinski definition) is 1. The fourth-order valence-corrected chi connectivity index (χ4v) is 3.27.